The van der Waals surface area contributed by atoms with Crippen LogP contribution in [0, 0.1) is 20.8 Å². The molecule has 4 aromatic rings. The zero-order chi connectivity index (χ0) is 30.3. The minimum atomic E-state index is -0.670. The molecule has 1 heterocycles. The van der Waals surface area contributed by atoms with Crippen molar-refractivity contribution in [2.45, 2.75) is 60.3 Å². The van der Waals surface area contributed by atoms with Crippen LogP contribution in [0.4, 0.5) is 4.79 Å². The molecule has 0 spiro atoms. The molecule has 1 aliphatic rings. The van der Waals surface area contributed by atoms with Crippen molar-refractivity contribution in [2.24, 2.45) is 0 Å². The molecular weight excluding hydrogens is 554 g/mol. The van der Waals surface area contributed by atoms with Crippen LogP contribution in [0.15, 0.2) is 42.5 Å². The first-order chi connectivity index (χ1) is 19.9. The first-order valence-electron chi connectivity index (χ1n) is 14.0. The fourth-order valence-corrected chi connectivity index (χ4v) is 5.82. The van der Waals surface area contributed by atoms with Crippen LogP contribution in [0.25, 0.3) is 22.2 Å². The average molecular weight is 590 g/mol. The van der Waals surface area contributed by atoms with Crippen molar-refractivity contribution in [3.63, 3.8) is 0 Å². The lowest BCUT2D eigenvalue weighted by Crippen LogP contribution is -2.40. The second-order valence-electron chi connectivity index (χ2n) is 11.8. The highest BCUT2D eigenvalue weighted by Crippen LogP contribution is 2.45. The molecule has 0 aliphatic heterocycles. The van der Waals surface area contributed by atoms with E-state index in [0.29, 0.717) is 51.7 Å². The van der Waals surface area contributed by atoms with Crippen LogP contribution in [-0.2, 0) is 17.9 Å². The van der Waals surface area contributed by atoms with Crippen LogP contribution in [-0.4, -0.2) is 57.0 Å². The zero-order valence-electron chi connectivity index (χ0n) is 24.9. The predicted molar refractivity (Wildman–Crippen MR) is 163 cm³/mol. The van der Waals surface area contributed by atoms with Crippen molar-refractivity contribution in [1.29, 1.82) is 0 Å². The lowest BCUT2D eigenvalue weighted by Gasteiger charge is -2.27. The Morgan fingerprint density at radius 2 is 1.76 bits per heavy atom. The highest BCUT2D eigenvalue weighted by atomic mass is 35.5. The van der Waals surface area contributed by atoms with Crippen LogP contribution < -0.4 is 4.74 Å². The van der Waals surface area contributed by atoms with E-state index < -0.39 is 11.7 Å². The number of rotatable bonds is 8. The molecule has 0 saturated carbocycles. The van der Waals surface area contributed by atoms with E-state index in [0.717, 1.165) is 22.2 Å². The number of carbonyl (C=O) groups excluding carboxylic acids is 2. The minimum Gasteiger partial charge on any atom is -0.488 e. The average Bonchev–Trinajstić information content (AvgIpc) is 3.27. The summed E-state index contributed by atoms with van der Waals surface area (Å²) < 4.78 is 13.7. The van der Waals surface area contributed by atoms with E-state index in [-0.39, 0.29) is 25.5 Å². The lowest BCUT2D eigenvalue weighted by molar-refractivity contribution is 0.0211. The van der Waals surface area contributed by atoms with Crippen LogP contribution >= 0.6 is 11.6 Å². The number of aliphatic hydroxyl groups excluding tert-OH is 1. The van der Waals surface area contributed by atoms with Gasteiger partial charge in [-0.2, -0.15) is 5.10 Å². The molecule has 5 rings (SSSR count). The number of fused-ring (bicyclic) bond motifs is 2. The van der Waals surface area contributed by atoms with Crippen molar-refractivity contribution in [3.8, 4) is 17.0 Å². The van der Waals surface area contributed by atoms with Crippen LogP contribution in [0.5, 0.6) is 5.75 Å². The molecule has 1 N–H and O–H groups in total. The molecular formula is C33H36ClN3O5. The predicted octanol–water partition coefficient (Wildman–Crippen LogP) is 6.63. The Morgan fingerprint density at radius 3 is 2.43 bits per heavy atom. The first kappa shape index (κ1) is 29.6. The SMILES string of the molecule is Cc1cc(C)c(COc2cccc3c2-c2nn(CCN(CCO)C(=O)OC(C)(C)C)c4ccc(Cl)c(c24)C3=O)c(C)c1. The Hall–Kier alpha value is -3.88. The second kappa shape index (κ2) is 11.4. The summed E-state index contributed by atoms with van der Waals surface area (Å²) in [7, 11) is 0. The molecule has 3 aromatic carbocycles. The molecule has 1 amide bonds. The maximum absolute atomic E-state index is 13.8. The summed E-state index contributed by atoms with van der Waals surface area (Å²) in [6.07, 6.45) is -0.515. The van der Waals surface area contributed by atoms with Crippen molar-refractivity contribution in [2.75, 3.05) is 19.7 Å². The van der Waals surface area contributed by atoms with Gasteiger partial charge in [-0.05, 0) is 76.4 Å². The fourth-order valence-electron chi connectivity index (χ4n) is 5.58. The van der Waals surface area contributed by atoms with Crippen molar-refractivity contribution < 1.29 is 24.2 Å². The topological polar surface area (TPSA) is 93.9 Å². The summed E-state index contributed by atoms with van der Waals surface area (Å²) in [6, 6.07) is 13.2. The second-order valence-corrected chi connectivity index (χ2v) is 12.2. The number of hydrogen-bond acceptors (Lipinski definition) is 6. The number of carbonyl (C=O) groups is 2. The number of ketones is 1. The standard InChI is InChI=1S/C33H36ClN3O5/c1-19-16-20(2)23(21(3)17-19)18-41-26-9-7-8-22-27(26)30-29-25(11-10-24(34)28(29)31(22)39)37(35-30)13-12-36(14-15-38)32(40)42-33(4,5)6/h7-11,16-17,38H,12-15,18H2,1-6H3. The van der Waals surface area contributed by atoms with Crippen molar-refractivity contribution >= 4 is 34.4 Å². The largest absolute Gasteiger partial charge is 0.488 e. The highest BCUT2D eigenvalue weighted by Gasteiger charge is 2.33. The third-order valence-electron chi connectivity index (χ3n) is 7.42. The number of benzene rings is 3. The Labute approximate surface area is 250 Å². The minimum absolute atomic E-state index is 0.120. The maximum atomic E-state index is 13.8. The van der Waals surface area contributed by atoms with Gasteiger partial charge >= 0.3 is 6.09 Å². The highest BCUT2D eigenvalue weighted by molar-refractivity contribution is 6.39. The summed E-state index contributed by atoms with van der Waals surface area (Å²) in [5.41, 5.74) is 6.76. The summed E-state index contributed by atoms with van der Waals surface area (Å²) >= 11 is 6.59. The van der Waals surface area contributed by atoms with Gasteiger partial charge in [-0.1, -0.05) is 41.4 Å². The number of halogens is 1. The van der Waals surface area contributed by atoms with Gasteiger partial charge in [-0.15, -0.1) is 0 Å². The number of amides is 1. The van der Waals surface area contributed by atoms with Gasteiger partial charge in [0.1, 0.15) is 23.7 Å². The molecule has 0 unspecified atom stereocenters. The molecule has 0 bridgehead atoms. The van der Waals surface area contributed by atoms with E-state index in [1.165, 1.54) is 10.5 Å². The number of ether oxygens (including phenoxy) is 2. The number of nitrogens with zero attached hydrogens (tertiary/aromatic N) is 3. The van der Waals surface area contributed by atoms with E-state index in [1.54, 1.807) is 37.6 Å². The van der Waals surface area contributed by atoms with Gasteiger partial charge in [-0.3, -0.25) is 9.48 Å². The van der Waals surface area contributed by atoms with Crippen LogP contribution in [0.2, 0.25) is 5.02 Å². The van der Waals surface area contributed by atoms with E-state index in [4.69, 9.17) is 26.2 Å². The van der Waals surface area contributed by atoms with Crippen LogP contribution in [0.3, 0.4) is 0 Å². The Kier molecular flexibility index (Phi) is 8.05. The molecule has 0 saturated heterocycles. The smallest absolute Gasteiger partial charge is 0.410 e. The molecule has 0 atom stereocenters. The molecule has 0 radical (unpaired) electrons. The number of aromatic nitrogens is 2. The van der Waals surface area contributed by atoms with Gasteiger partial charge in [0.05, 0.1) is 34.8 Å². The Balaban J connectivity index is 1.54. The molecule has 1 aromatic heterocycles. The molecule has 9 heteroatoms. The molecule has 220 valence electrons. The van der Waals surface area contributed by atoms with Gasteiger partial charge in [0.25, 0.3) is 0 Å². The molecule has 42 heavy (non-hydrogen) atoms. The zero-order valence-corrected chi connectivity index (χ0v) is 25.6. The van der Waals surface area contributed by atoms with Gasteiger partial charge in [0.15, 0.2) is 5.78 Å². The summed E-state index contributed by atoms with van der Waals surface area (Å²) in [5, 5.41) is 15.5. The van der Waals surface area contributed by atoms with E-state index in [9.17, 15) is 14.7 Å². The van der Waals surface area contributed by atoms with Gasteiger partial charge in [0, 0.05) is 24.0 Å². The van der Waals surface area contributed by atoms with E-state index in [2.05, 4.69) is 32.9 Å². The molecule has 0 fully saturated rings. The van der Waals surface area contributed by atoms with E-state index in [1.807, 2.05) is 18.2 Å². The number of aliphatic hydroxyl groups is 1. The van der Waals surface area contributed by atoms with E-state index >= 15 is 0 Å². The normalized spacial score (nSPS) is 12.4. The Morgan fingerprint density at radius 1 is 1.05 bits per heavy atom. The molecule has 8 nitrogen and oxygen atoms in total. The summed E-state index contributed by atoms with van der Waals surface area (Å²) in [6.45, 7) is 12.4. The lowest BCUT2D eigenvalue weighted by atomic mass is 9.87. The fraction of sp³-hybridized carbons (Fsp3) is 0.364. The number of aryl methyl sites for hydroxylation is 3. The molecule has 1 aliphatic carbocycles. The third-order valence-corrected chi connectivity index (χ3v) is 7.73. The van der Waals surface area contributed by atoms with Gasteiger partial charge in [-0.25, -0.2) is 4.79 Å². The first-order valence-corrected chi connectivity index (χ1v) is 14.4. The van der Waals surface area contributed by atoms with Crippen molar-refractivity contribution in [3.05, 3.63) is 80.9 Å². The third kappa shape index (κ3) is 5.61. The quantitative estimate of drug-likeness (QED) is 0.218. The maximum Gasteiger partial charge on any atom is 0.410 e. The Bertz CT molecular complexity index is 1680. The summed E-state index contributed by atoms with van der Waals surface area (Å²) in [5.74, 6) is 0.379. The van der Waals surface area contributed by atoms with Crippen LogP contribution in [0.1, 0.15) is 58.9 Å². The summed E-state index contributed by atoms with van der Waals surface area (Å²) in [4.78, 5) is 28.0. The number of hydrogen-bond donors (Lipinski definition) is 1. The monoisotopic (exact) mass is 589 g/mol. The van der Waals surface area contributed by atoms with Gasteiger partial charge < -0.3 is 19.5 Å². The van der Waals surface area contributed by atoms with Gasteiger partial charge in [0.2, 0.25) is 0 Å². The van der Waals surface area contributed by atoms with Crippen molar-refractivity contribution in [1.82, 2.24) is 14.7 Å².